The number of carboxylic acids is 3. The number of benzene rings is 2. The highest BCUT2D eigenvalue weighted by atomic mass is 16.5. The molecule has 0 saturated carbocycles. The Bertz CT molecular complexity index is 1700. The number of aliphatic hydroxyl groups is 1. The number of methoxy groups -OCH3 is 2. The summed E-state index contributed by atoms with van der Waals surface area (Å²) in [6, 6.07) is 12.9. The predicted octanol–water partition coefficient (Wildman–Crippen LogP) is 3.02. The average molecular weight is 625 g/mol. The van der Waals surface area contributed by atoms with Gasteiger partial charge in [-0.05, 0) is 31.2 Å². The summed E-state index contributed by atoms with van der Waals surface area (Å²) < 4.78 is 18.6. The maximum absolute atomic E-state index is 12.5. The molecule has 4 aromatic rings. The summed E-state index contributed by atoms with van der Waals surface area (Å²) in [5.74, 6) is -2.61. The Balaban J connectivity index is 0.000000360. The molecule has 15 nitrogen and oxygen atoms in total. The molecule has 2 aromatic carbocycles. The van der Waals surface area contributed by atoms with Crippen molar-refractivity contribution in [3.8, 4) is 23.0 Å². The molecule has 0 radical (unpaired) electrons. The molecule has 0 atom stereocenters. The number of carbonyl (C=O) groups is 4. The van der Waals surface area contributed by atoms with E-state index in [0.717, 1.165) is 27.9 Å². The van der Waals surface area contributed by atoms with Gasteiger partial charge in [-0.15, -0.1) is 0 Å². The second kappa shape index (κ2) is 14.7. The van der Waals surface area contributed by atoms with Crippen molar-refractivity contribution in [2.45, 2.75) is 31.8 Å². The molecule has 2 aromatic heterocycles. The lowest BCUT2D eigenvalue weighted by Crippen LogP contribution is -2.42. The predicted molar refractivity (Wildman–Crippen MR) is 159 cm³/mol. The number of nitrogens with one attached hydrogen (secondary N) is 1. The molecule has 0 aliphatic carbocycles. The highest BCUT2D eigenvalue weighted by Gasteiger charge is 2.40. The first-order chi connectivity index (χ1) is 21.2. The number of aromatic nitrogens is 3. The maximum atomic E-state index is 12.5. The monoisotopic (exact) mass is 624 g/mol. The van der Waals surface area contributed by atoms with Gasteiger partial charge in [-0.25, -0.2) is 4.79 Å². The summed E-state index contributed by atoms with van der Waals surface area (Å²) in [5.41, 5.74) is 0.241. The number of rotatable bonds is 12. The van der Waals surface area contributed by atoms with E-state index in [1.807, 2.05) is 44.3 Å². The first-order valence-corrected chi connectivity index (χ1v) is 13.2. The van der Waals surface area contributed by atoms with Crippen molar-refractivity contribution >= 4 is 40.4 Å². The van der Waals surface area contributed by atoms with Gasteiger partial charge in [0.2, 0.25) is 5.91 Å². The molecule has 45 heavy (non-hydrogen) atoms. The third-order valence-corrected chi connectivity index (χ3v) is 6.32. The number of amides is 1. The smallest absolute Gasteiger partial charge is 0.336 e. The van der Waals surface area contributed by atoms with E-state index >= 15 is 0 Å². The van der Waals surface area contributed by atoms with Gasteiger partial charge in [-0.2, -0.15) is 5.10 Å². The molecular formula is C30H32N4O11. The van der Waals surface area contributed by atoms with Crippen LogP contribution in [-0.4, -0.2) is 78.8 Å². The van der Waals surface area contributed by atoms with Gasteiger partial charge in [-0.1, -0.05) is 6.07 Å². The molecule has 0 aliphatic rings. The minimum absolute atomic E-state index is 0.151. The van der Waals surface area contributed by atoms with Crippen molar-refractivity contribution in [1.29, 1.82) is 0 Å². The van der Waals surface area contributed by atoms with Crippen LogP contribution in [0.15, 0.2) is 54.9 Å². The first kappa shape index (κ1) is 33.8. The zero-order valence-electron chi connectivity index (χ0n) is 24.8. The number of aliphatic carboxylic acids is 3. The lowest BCUT2D eigenvalue weighted by atomic mass is 9.96. The molecule has 0 saturated heterocycles. The van der Waals surface area contributed by atoms with Gasteiger partial charge in [-0.3, -0.25) is 24.0 Å². The number of ether oxygens (including phenoxy) is 3. The van der Waals surface area contributed by atoms with Crippen molar-refractivity contribution in [2.75, 3.05) is 19.5 Å². The Morgan fingerprint density at radius 1 is 0.911 bits per heavy atom. The Labute approximate surface area is 256 Å². The fraction of sp³-hybridized carbons (Fsp3) is 0.267. The minimum Gasteiger partial charge on any atom is -0.497 e. The number of aryl methyl sites for hydroxylation is 2. The fourth-order valence-corrected chi connectivity index (χ4v) is 4.18. The second-order valence-electron chi connectivity index (χ2n) is 9.77. The van der Waals surface area contributed by atoms with Gasteiger partial charge in [0, 0.05) is 42.5 Å². The molecule has 15 heteroatoms. The van der Waals surface area contributed by atoms with E-state index in [1.165, 1.54) is 0 Å². The molecule has 0 unspecified atom stereocenters. The third-order valence-electron chi connectivity index (χ3n) is 6.32. The van der Waals surface area contributed by atoms with Crippen molar-refractivity contribution in [1.82, 2.24) is 14.8 Å². The van der Waals surface area contributed by atoms with E-state index in [4.69, 9.17) is 34.6 Å². The van der Waals surface area contributed by atoms with Crippen LogP contribution >= 0.6 is 0 Å². The van der Waals surface area contributed by atoms with Crippen molar-refractivity contribution in [2.24, 2.45) is 7.05 Å². The van der Waals surface area contributed by atoms with Crippen LogP contribution in [0.5, 0.6) is 23.0 Å². The fourth-order valence-electron chi connectivity index (χ4n) is 4.18. The molecule has 0 bridgehead atoms. The van der Waals surface area contributed by atoms with Gasteiger partial charge in [0.05, 0.1) is 50.4 Å². The van der Waals surface area contributed by atoms with Gasteiger partial charge in [0.1, 0.15) is 23.0 Å². The van der Waals surface area contributed by atoms with Crippen LogP contribution in [0.3, 0.4) is 0 Å². The first-order valence-electron chi connectivity index (χ1n) is 13.2. The number of hydrogen-bond acceptors (Lipinski definition) is 10. The van der Waals surface area contributed by atoms with E-state index in [1.54, 1.807) is 43.4 Å². The Hall–Kier alpha value is -5.70. The Morgan fingerprint density at radius 2 is 1.58 bits per heavy atom. The largest absolute Gasteiger partial charge is 0.497 e. The summed E-state index contributed by atoms with van der Waals surface area (Å²) in [4.78, 5) is 47.4. The van der Waals surface area contributed by atoms with Crippen molar-refractivity contribution in [3.63, 3.8) is 0 Å². The number of carboxylic acid groups (broad SMARTS) is 3. The standard InChI is InChI=1S/C24H24N4O4.C6H8O7/c1-15-21(14-28(2)27-15)26-24(29)11-16-5-6-18(13-23(16)31-4)32-22-9-10-25-20-12-17(30-3)7-8-19(20)22;7-3(8)1-6(13,5(11)12)2-4(9)10/h5-10,12-14H,11H2,1-4H3,(H,26,29);13H,1-2H2,(H,7,8)(H,9,10)(H,11,12). The van der Waals surface area contributed by atoms with Crippen LogP contribution in [0.1, 0.15) is 24.1 Å². The number of fused-ring (bicyclic) bond motifs is 1. The average Bonchev–Trinajstić information content (AvgIpc) is 3.28. The summed E-state index contributed by atoms with van der Waals surface area (Å²) in [6.07, 6.45) is 1.34. The van der Waals surface area contributed by atoms with Crippen molar-refractivity contribution < 1.29 is 53.8 Å². The summed E-state index contributed by atoms with van der Waals surface area (Å²) in [6.45, 7) is 1.85. The van der Waals surface area contributed by atoms with Crippen molar-refractivity contribution in [3.05, 3.63) is 66.1 Å². The van der Waals surface area contributed by atoms with E-state index in [-0.39, 0.29) is 12.3 Å². The van der Waals surface area contributed by atoms with Crippen LogP contribution in [0.25, 0.3) is 10.9 Å². The number of anilines is 1. The summed E-state index contributed by atoms with van der Waals surface area (Å²) in [7, 11) is 5.00. The van der Waals surface area contributed by atoms with Crippen LogP contribution in [0, 0.1) is 6.92 Å². The van der Waals surface area contributed by atoms with Gasteiger partial charge >= 0.3 is 17.9 Å². The van der Waals surface area contributed by atoms with E-state index in [9.17, 15) is 19.2 Å². The molecule has 238 valence electrons. The molecule has 0 spiro atoms. The van der Waals surface area contributed by atoms with Gasteiger partial charge in [0.25, 0.3) is 0 Å². The molecule has 2 heterocycles. The maximum Gasteiger partial charge on any atom is 0.336 e. The highest BCUT2D eigenvalue weighted by molar-refractivity contribution is 5.93. The summed E-state index contributed by atoms with van der Waals surface area (Å²) >= 11 is 0. The van der Waals surface area contributed by atoms with Crippen LogP contribution in [-0.2, 0) is 32.6 Å². The SMILES string of the molecule is COc1ccc2c(Oc3ccc(CC(=O)Nc4cn(C)nc4C)c(OC)c3)ccnc2c1.O=C(O)CC(O)(CC(=O)O)C(=O)O. The number of pyridine rings is 1. The highest BCUT2D eigenvalue weighted by Crippen LogP contribution is 2.33. The van der Waals surface area contributed by atoms with Gasteiger partial charge in [0.15, 0.2) is 5.60 Å². The lowest BCUT2D eigenvalue weighted by molar-refractivity contribution is -0.170. The number of carbonyl (C=O) groups excluding carboxylic acids is 1. The minimum atomic E-state index is -2.74. The van der Waals surface area contributed by atoms with Crippen LogP contribution < -0.4 is 19.5 Å². The number of nitrogens with zero attached hydrogens (tertiary/aromatic N) is 3. The topological polar surface area (TPSA) is 220 Å². The molecule has 4 rings (SSSR count). The normalized spacial score (nSPS) is 10.8. The third kappa shape index (κ3) is 9.14. The quantitative estimate of drug-likeness (QED) is 0.153. The molecule has 1 amide bonds. The van der Waals surface area contributed by atoms with E-state index in [0.29, 0.717) is 22.9 Å². The zero-order chi connectivity index (χ0) is 33.3. The molecule has 0 aliphatic heterocycles. The summed E-state index contributed by atoms with van der Waals surface area (Å²) in [5, 5.41) is 41.8. The van der Waals surface area contributed by atoms with E-state index < -0.39 is 36.4 Å². The zero-order valence-corrected chi connectivity index (χ0v) is 24.8. The Morgan fingerprint density at radius 3 is 2.13 bits per heavy atom. The Kier molecular flexibility index (Phi) is 11.0. The molecule has 5 N–H and O–H groups in total. The molecular weight excluding hydrogens is 592 g/mol. The van der Waals surface area contributed by atoms with Crippen LogP contribution in [0.2, 0.25) is 0 Å². The van der Waals surface area contributed by atoms with E-state index in [2.05, 4.69) is 15.4 Å². The van der Waals surface area contributed by atoms with Crippen LogP contribution in [0.4, 0.5) is 5.69 Å². The second-order valence-corrected chi connectivity index (χ2v) is 9.77. The lowest BCUT2D eigenvalue weighted by Gasteiger charge is -2.18. The van der Waals surface area contributed by atoms with Gasteiger partial charge < -0.3 is 40.0 Å². The molecule has 0 fully saturated rings. The number of hydrogen-bond donors (Lipinski definition) is 5.